The number of hydrogen-bond donors (Lipinski definition) is 0. The monoisotopic (exact) mass is 386 g/mol. The van der Waals surface area contributed by atoms with Crippen LogP contribution in [0.25, 0.3) is 0 Å². The molecule has 2 saturated heterocycles. The molecule has 4 rings (SSSR count). The van der Waals surface area contributed by atoms with Gasteiger partial charge in [0.1, 0.15) is 5.82 Å². The van der Waals surface area contributed by atoms with Crippen LogP contribution >= 0.6 is 11.3 Å². The van der Waals surface area contributed by atoms with E-state index in [0.717, 1.165) is 44.5 Å². The minimum Gasteiger partial charge on any atom is -0.364 e. The molecule has 0 saturated carbocycles. The number of carbonyl (C=O) groups is 1. The van der Waals surface area contributed by atoms with Crippen LogP contribution in [0.1, 0.15) is 44.4 Å². The average molecular weight is 387 g/mol. The van der Waals surface area contributed by atoms with Crippen molar-refractivity contribution in [2.24, 2.45) is 0 Å². The maximum absolute atomic E-state index is 13.8. The van der Waals surface area contributed by atoms with Gasteiger partial charge >= 0.3 is 0 Å². The van der Waals surface area contributed by atoms with Gasteiger partial charge in [0, 0.05) is 35.6 Å². The molecule has 2 fully saturated rings. The molecule has 1 unspecified atom stereocenters. The molecule has 5 heteroatoms. The van der Waals surface area contributed by atoms with Crippen molar-refractivity contribution in [2.75, 3.05) is 18.0 Å². The van der Waals surface area contributed by atoms with E-state index in [1.54, 1.807) is 23.5 Å². The van der Waals surface area contributed by atoms with E-state index in [1.807, 2.05) is 12.1 Å². The van der Waals surface area contributed by atoms with E-state index >= 15 is 0 Å². The lowest BCUT2D eigenvalue weighted by Crippen LogP contribution is -2.49. The lowest BCUT2D eigenvalue weighted by molar-refractivity contribution is -0.134. The standard InChI is InChI=1S/C22H27FN2OS/c1-21(2)15-22(16-25(21)18-7-3-6-17(23)14-18)11-5-12-24(22)20(26)10-9-19-8-4-13-27-19/h3-4,6-8,13-14H,5,9-12,15-16H2,1-2H3. The number of thiophene rings is 1. The molecular weight excluding hydrogens is 359 g/mol. The highest BCUT2D eigenvalue weighted by molar-refractivity contribution is 7.09. The molecule has 0 radical (unpaired) electrons. The maximum atomic E-state index is 13.8. The summed E-state index contributed by atoms with van der Waals surface area (Å²) in [7, 11) is 0. The topological polar surface area (TPSA) is 23.6 Å². The molecule has 1 aromatic carbocycles. The van der Waals surface area contributed by atoms with Gasteiger partial charge in [-0.3, -0.25) is 4.79 Å². The molecule has 2 aromatic rings. The van der Waals surface area contributed by atoms with Crippen molar-refractivity contribution in [3.63, 3.8) is 0 Å². The molecule has 1 spiro atoms. The number of anilines is 1. The number of benzene rings is 1. The minimum atomic E-state index is -0.209. The van der Waals surface area contributed by atoms with Crippen LogP contribution in [0.5, 0.6) is 0 Å². The summed E-state index contributed by atoms with van der Waals surface area (Å²) in [6.07, 6.45) is 4.41. The smallest absolute Gasteiger partial charge is 0.223 e. The first kappa shape index (κ1) is 18.5. The van der Waals surface area contributed by atoms with E-state index in [0.29, 0.717) is 6.42 Å². The molecule has 0 N–H and O–H groups in total. The first-order valence-corrected chi connectivity index (χ1v) is 10.6. The highest BCUT2D eigenvalue weighted by Crippen LogP contribution is 2.47. The average Bonchev–Trinajstić information content (AvgIpc) is 3.32. The second-order valence-electron chi connectivity index (χ2n) is 8.51. The Morgan fingerprint density at radius 3 is 2.85 bits per heavy atom. The van der Waals surface area contributed by atoms with E-state index in [1.165, 1.54) is 10.9 Å². The van der Waals surface area contributed by atoms with Gasteiger partial charge in [-0.05, 0) is 69.2 Å². The summed E-state index contributed by atoms with van der Waals surface area (Å²) in [6.45, 7) is 6.04. The van der Waals surface area contributed by atoms with Gasteiger partial charge in [0.25, 0.3) is 0 Å². The molecule has 2 aliphatic rings. The Balaban J connectivity index is 1.53. The third kappa shape index (κ3) is 3.49. The minimum absolute atomic E-state index is 0.107. The third-order valence-corrected chi connectivity index (χ3v) is 7.06. The van der Waals surface area contributed by atoms with E-state index in [9.17, 15) is 9.18 Å². The van der Waals surface area contributed by atoms with Crippen LogP contribution in [-0.2, 0) is 11.2 Å². The van der Waals surface area contributed by atoms with Crippen molar-refractivity contribution in [1.29, 1.82) is 0 Å². The van der Waals surface area contributed by atoms with Gasteiger partial charge < -0.3 is 9.80 Å². The summed E-state index contributed by atoms with van der Waals surface area (Å²) >= 11 is 1.72. The van der Waals surface area contributed by atoms with Crippen molar-refractivity contribution in [1.82, 2.24) is 4.90 Å². The Hall–Kier alpha value is -1.88. The number of halogens is 1. The van der Waals surface area contributed by atoms with Gasteiger partial charge in [0.2, 0.25) is 5.91 Å². The van der Waals surface area contributed by atoms with Gasteiger partial charge in [0.05, 0.1) is 5.54 Å². The quantitative estimate of drug-likeness (QED) is 0.748. The Bertz CT molecular complexity index is 819. The Labute approximate surface area is 164 Å². The van der Waals surface area contributed by atoms with Crippen molar-refractivity contribution in [3.8, 4) is 0 Å². The fraction of sp³-hybridized carbons (Fsp3) is 0.500. The number of likely N-dealkylation sites (tertiary alicyclic amines) is 1. The van der Waals surface area contributed by atoms with Crippen molar-refractivity contribution < 1.29 is 9.18 Å². The summed E-state index contributed by atoms with van der Waals surface area (Å²) < 4.78 is 13.8. The van der Waals surface area contributed by atoms with Gasteiger partial charge in [-0.15, -0.1) is 11.3 Å². The molecule has 144 valence electrons. The van der Waals surface area contributed by atoms with Gasteiger partial charge in [-0.2, -0.15) is 0 Å². The first-order valence-electron chi connectivity index (χ1n) is 9.76. The van der Waals surface area contributed by atoms with Crippen LogP contribution in [-0.4, -0.2) is 35.0 Å². The number of hydrogen-bond acceptors (Lipinski definition) is 3. The van der Waals surface area contributed by atoms with Crippen LogP contribution in [0.15, 0.2) is 41.8 Å². The fourth-order valence-electron chi connectivity index (χ4n) is 5.05. The summed E-state index contributed by atoms with van der Waals surface area (Å²) in [5.74, 6) is 0.0531. The number of carbonyl (C=O) groups excluding carboxylic acids is 1. The largest absolute Gasteiger partial charge is 0.364 e. The zero-order valence-electron chi connectivity index (χ0n) is 16.1. The first-order chi connectivity index (χ1) is 12.9. The van der Waals surface area contributed by atoms with Gasteiger partial charge in [-0.1, -0.05) is 12.1 Å². The zero-order valence-corrected chi connectivity index (χ0v) is 16.9. The molecule has 1 atom stereocenters. The second kappa shape index (κ2) is 6.93. The van der Waals surface area contributed by atoms with Crippen LogP contribution in [0.4, 0.5) is 10.1 Å². The van der Waals surface area contributed by atoms with E-state index in [4.69, 9.17) is 0 Å². The lowest BCUT2D eigenvalue weighted by atomic mass is 9.87. The highest BCUT2D eigenvalue weighted by Gasteiger charge is 2.54. The summed E-state index contributed by atoms with van der Waals surface area (Å²) in [5, 5.41) is 2.06. The Kier molecular flexibility index (Phi) is 4.75. The van der Waals surface area contributed by atoms with E-state index in [-0.39, 0.29) is 22.8 Å². The van der Waals surface area contributed by atoms with Crippen LogP contribution in [0.3, 0.4) is 0 Å². The molecule has 1 amide bonds. The van der Waals surface area contributed by atoms with Crippen molar-refractivity contribution in [3.05, 3.63) is 52.5 Å². The normalized spacial score (nSPS) is 24.1. The van der Waals surface area contributed by atoms with E-state index in [2.05, 4.69) is 35.1 Å². The molecule has 27 heavy (non-hydrogen) atoms. The third-order valence-electron chi connectivity index (χ3n) is 6.13. The molecule has 0 aliphatic carbocycles. The zero-order chi connectivity index (χ0) is 19.1. The van der Waals surface area contributed by atoms with Crippen LogP contribution in [0.2, 0.25) is 0 Å². The summed E-state index contributed by atoms with van der Waals surface area (Å²) in [5.41, 5.74) is 0.682. The molecule has 2 aliphatic heterocycles. The summed E-state index contributed by atoms with van der Waals surface area (Å²) in [4.78, 5) is 18.8. The Morgan fingerprint density at radius 1 is 1.26 bits per heavy atom. The fourth-order valence-corrected chi connectivity index (χ4v) is 5.75. The highest BCUT2D eigenvalue weighted by atomic mass is 32.1. The van der Waals surface area contributed by atoms with Crippen LogP contribution in [0, 0.1) is 5.82 Å². The molecule has 3 nitrogen and oxygen atoms in total. The van der Waals surface area contributed by atoms with Gasteiger partial charge in [0.15, 0.2) is 0 Å². The predicted molar refractivity (Wildman–Crippen MR) is 109 cm³/mol. The number of amides is 1. The second-order valence-corrected chi connectivity index (χ2v) is 9.54. The number of nitrogens with zero attached hydrogens (tertiary/aromatic N) is 2. The van der Waals surface area contributed by atoms with Gasteiger partial charge in [-0.25, -0.2) is 4.39 Å². The van der Waals surface area contributed by atoms with Crippen LogP contribution < -0.4 is 4.90 Å². The number of aryl methyl sites for hydroxylation is 1. The van der Waals surface area contributed by atoms with E-state index < -0.39 is 0 Å². The van der Waals surface area contributed by atoms with Crippen molar-refractivity contribution >= 4 is 22.9 Å². The predicted octanol–water partition coefficient (Wildman–Crippen LogP) is 4.87. The number of rotatable bonds is 4. The maximum Gasteiger partial charge on any atom is 0.223 e. The Morgan fingerprint density at radius 2 is 2.11 bits per heavy atom. The van der Waals surface area contributed by atoms with Crippen molar-refractivity contribution in [2.45, 2.75) is 57.0 Å². The molecular formula is C22H27FN2OS. The molecule has 1 aromatic heterocycles. The lowest BCUT2D eigenvalue weighted by Gasteiger charge is -2.35. The summed E-state index contributed by atoms with van der Waals surface area (Å²) in [6, 6.07) is 11.0. The molecule has 0 bridgehead atoms. The molecule has 3 heterocycles. The SMILES string of the molecule is CC1(C)CC2(CCCN2C(=O)CCc2cccs2)CN1c1cccc(F)c1.